The lowest BCUT2D eigenvalue weighted by Gasteiger charge is -2.17. The van der Waals surface area contributed by atoms with Crippen LogP contribution in [-0.4, -0.2) is 37.4 Å². The zero-order valence-electron chi connectivity index (χ0n) is 15.2. The number of H-pyrrole nitrogens is 1. The second kappa shape index (κ2) is 6.68. The van der Waals surface area contributed by atoms with E-state index in [1.54, 1.807) is 27.4 Å². The Bertz CT molecular complexity index is 1010. The summed E-state index contributed by atoms with van der Waals surface area (Å²) in [5.74, 6) is 1.83. The summed E-state index contributed by atoms with van der Waals surface area (Å²) in [5.41, 5.74) is 3.63. The predicted molar refractivity (Wildman–Crippen MR) is 99.4 cm³/mol. The minimum atomic E-state index is -0.381. The molecule has 2 heterocycles. The molecular weight excluding hydrogens is 346 g/mol. The molecule has 1 aromatic heterocycles. The van der Waals surface area contributed by atoms with Crippen molar-refractivity contribution < 1.29 is 19.0 Å². The lowest BCUT2D eigenvalue weighted by molar-refractivity contribution is 0.0955. The number of carbonyl (C=O) groups is 1. The highest BCUT2D eigenvalue weighted by molar-refractivity contribution is 6.00. The summed E-state index contributed by atoms with van der Waals surface area (Å²) in [5, 5.41) is 10.3. The molecule has 0 aliphatic carbocycles. The molecule has 7 nitrogen and oxygen atoms in total. The third-order valence-corrected chi connectivity index (χ3v) is 4.69. The van der Waals surface area contributed by atoms with E-state index in [9.17, 15) is 4.79 Å². The van der Waals surface area contributed by atoms with Crippen LogP contribution in [0.3, 0.4) is 0 Å². The van der Waals surface area contributed by atoms with E-state index in [4.69, 9.17) is 14.2 Å². The molecule has 0 saturated heterocycles. The molecule has 0 unspecified atom stereocenters. The van der Waals surface area contributed by atoms with E-state index in [0.717, 1.165) is 22.4 Å². The largest absolute Gasteiger partial charge is 0.497 e. The van der Waals surface area contributed by atoms with Gasteiger partial charge in [-0.1, -0.05) is 12.1 Å². The molecule has 3 aromatic rings. The molecule has 0 radical (unpaired) electrons. The molecule has 1 amide bonds. The zero-order chi connectivity index (χ0) is 19.0. The number of aromatic nitrogens is 2. The van der Waals surface area contributed by atoms with Crippen molar-refractivity contribution in [1.82, 2.24) is 15.5 Å². The Labute approximate surface area is 156 Å². The van der Waals surface area contributed by atoms with Gasteiger partial charge in [0.2, 0.25) is 0 Å². The summed E-state index contributed by atoms with van der Waals surface area (Å²) in [6, 6.07) is 12.7. The van der Waals surface area contributed by atoms with Crippen molar-refractivity contribution in [3.63, 3.8) is 0 Å². The van der Waals surface area contributed by atoms with Gasteiger partial charge in [-0.15, -0.1) is 0 Å². The number of hydrogen-bond donors (Lipinski definition) is 2. The van der Waals surface area contributed by atoms with Crippen LogP contribution in [0.2, 0.25) is 0 Å². The first-order chi connectivity index (χ1) is 13.2. The number of methoxy groups -OCH3 is 3. The van der Waals surface area contributed by atoms with Crippen LogP contribution in [0, 0.1) is 0 Å². The van der Waals surface area contributed by atoms with E-state index in [1.807, 2.05) is 36.4 Å². The minimum Gasteiger partial charge on any atom is -0.497 e. The minimum absolute atomic E-state index is 0.200. The van der Waals surface area contributed by atoms with Crippen LogP contribution in [0.1, 0.15) is 27.7 Å². The molecular formula is C20H19N3O4. The Morgan fingerprint density at radius 2 is 1.74 bits per heavy atom. The number of benzene rings is 2. The van der Waals surface area contributed by atoms with Crippen molar-refractivity contribution in [2.24, 2.45) is 0 Å². The first-order valence-corrected chi connectivity index (χ1v) is 8.41. The van der Waals surface area contributed by atoms with E-state index >= 15 is 0 Å². The van der Waals surface area contributed by atoms with Gasteiger partial charge < -0.3 is 19.5 Å². The smallest absolute Gasteiger partial charge is 0.270 e. The van der Waals surface area contributed by atoms with Crippen molar-refractivity contribution in [2.45, 2.75) is 6.04 Å². The summed E-state index contributed by atoms with van der Waals surface area (Å²) in [7, 11) is 4.80. The van der Waals surface area contributed by atoms with Crippen LogP contribution < -0.4 is 19.5 Å². The van der Waals surface area contributed by atoms with Crippen molar-refractivity contribution >= 4 is 5.91 Å². The predicted octanol–water partition coefficient (Wildman–Crippen LogP) is 2.94. The van der Waals surface area contributed by atoms with Gasteiger partial charge in [0.25, 0.3) is 5.91 Å². The molecule has 0 bridgehead atoms. The SMILES string of the molecule is COc1cccc(-c2n[nH]c3c2[C@@H](c2ccc(OC)cc2OC)NC3=O)c1. The topological polar surface area (TPSA) is 85.5 Å². The number of nitrogens with zero attached hydrogens (tertiary/aromatic N) is 1. The van der Waals surface area contributed by atoms with Crippen molar-refractivity contribution in [3.05, 3.63) is 59.3 Å². The molecule has 7 heteroatoms. The summed E-state index contributed by atoms with van der Waals surface area (Å²) >= 11 is 0. The average Bonchev–Trinajstić information content (AvgIpc) is 3.29. The maximum absolute atomic E-state index is 12.5. The second-order valence-electron chi connectivity index (χ2n) is 6.11. The van der Waals surface area contributed by atoms with Crippen LogP contribution >= 0.6 is 0 Å². The van der Waals surface area contributed by atoms with Gasteiger partial charge in [-0.05, 0) is 24.3 Å². The Kier molecular flexibility index (Phi) is 4.19. The zero-order valence-corrected chi connectivity index (χ0v) is 15.2. The van der Waals surface area contributed by atoms with Crippen molar-refractivity contribution in [3.8, 4) is 28.5 Å². The summed E-state index contributed by atoms with van der Waals surface area (Å²) < 4.78 is 16.1. The molecule has 0 spiro atoms. The average molecular weight is 365 g/mol. The lowest BCUT2D eigenvalue weighted by Crippen LogP contribution is -2.21. The summed E-state index contributed by atoms with van der Waals surface area (Å²) in [4.78, 5) is 12.5. The van der Waals surface area contributed by atoms with Crippen LogP contribution in [-0.2, 0) is 0 Å². The first kappa shape index (κ1) is 17.0. The Hall–Kier alpha value is -3.48. The fraction of sp³-hybridized carbons (Fsp3) is 0.200. The number of aromatic amines is 1. The highest BCUT2D eigenvalue weighted by atomic mass is 16.5. The summed E-state index contributed by atoms with van der Waals surface area (Å²) in [6.45, 7) is 0. The molecule has 4 rings (SSSR count). The van der Waals surface area contributed by atoms with Gasteiger partial charge in [-0.3, -0.25) is 9.89 Å². The van der Waals surface area contributed by atoms with Gasteiger partial charge in [-0.2, -0.15) is 5.10 Å². The molecule has 138 valence electrons. The third-order valence-electron chi connectivity index (χ3n) is 4.69. The number of fused-ring (bicyclic) bond motifs is 1. The standard InChI is InChI=1S/C20H19N3O4/c1-25-12-6-4-5-11(9-12)17-16-18(21-20(24)19(16)23-22-17)14-8-7-13(26-2)10-15(14)27-3/h4-10,18H,1-3H3,(H,21,24)(H,22,23)/t18-/m1/s1. The molecule has 1 aliphatic rings. The summed E-state index contributed by atoms with van der Waals surface area (Å²) in [6.07, 6.45) is 0. The van der Waals surface area contributed by atoms with Gasteiger partial charge in [0.15, 0.2) is 0 Å². The van der Waals surface area contributed by atoms with Crippen molar-refractivity contribution in [2.75, 3.05) is 21.3 Å². The van der Waals surface area contributed by atoms with Crippen LogP contribution in [0.25, 0.3) is 11.3 Å². The molecule has 2 aromatic carbocycles. The van der Waals surface area contributed by atoms with Gasteiger partial charge in [-0.25, -0.2) is 0 Å². The third kappa shape index (κ3) is 2.77. The maximum atomic E-state index is 12.5. The van der Waals surface area contributed by atoms with E-state index < -0.39 is 0 Å². The monoisotopic (exact) mass is 365 g/mol. The van der Waals surface area contributed by atoms with E-state index in [-0.39, 0.29) is 11.9 Å². The second-order valence-corrected chi connectivity index (χ2v) is 6.11. The fourth-order valence-corrected chi connectivity index (χ4v) is 3.36. The maximum Gasteiger partial charge on any atom is 0.270 e. The first-order valence-electron chi connectivity index (χ1n) is 8.41. The number of amides is 1. The number of ether oxygens (including phenoxy) is 3. The molecule has 0 saturated carbocycles. The molecule has 0 fully saturated rings. The van der Waals surface area contributed by atoms with Gasteiger partial charge in [0, 0.05) is 22.8 Å². The Morgan fingerprint density at radius 1 is 0.963 bits per heavy atom. The van der Waals surface area contributed by atoms with Gasteiger partial charge >= 0.3 is 0 Å². The fourth-order valence-electron chi connectivity index (χ4n) is 3.36. The van der Waals surface area contributed by atoms with E-state index in [1.165, 1.54) is 0 Å². The molecule has 2 N–H and O–H groups in total. The lowest BCUT2D eigenvalue weighted by atomic mass is 9.96. The quantitative estimate of drug-likeness (QED) is 0.726. The molecule has 1 aliphatic heterocycles. The Morgan fingerprint density at radius 3 is 2.48 bits per heavy atom. The van der Waals surface area contributed by atoms with E-state index in [0.29, 0.717) is 22.9 Å². The van der Waals surface area contributed by atoms with Gasteiger partial charge in [0.1, 0.15) is 22.9 Å². The molecule has 27 heavy (non-hydrogen) atoms. The number of carbonyl (C=O) groups excluding carboxylic acids is 1. The highest BCUT2D eigenvalue weighted by Gasteiger charge is 2.37. The molecule has 1 atom stereocenters. The Balaban J connectivity index is 1.85. The number of nitrogens with one attached hydrogen (secondary N) is 2. The van der Waals surface area contributed by atoms with Crippen molar-refractivity contribution in [1.29, 1.82) is 0 Å². The van der Waals surface area contributed by atoms with Crippen LogP contribution in [0.4, 0.5) is 0 Å². The van der Waals surface area contributed by atoms with Crippen LogP contribution in [0.5, 0.6) is 17.2 Å². The number of hydrogen-bond acceptors (Lipinski definition) is 5. The number of rotatable bonds is 5. The van der Waals surface area contributed by atoms with Crippen LogP contribution in [0.15, 0.2) is 42.5 Å². The van der Waals surface area contributed by atoms with Gasteiger partial charge in [0.05, 0.1) is 33.1 Å². The highest BCUT2D eigenvalue weighted by Crippen LogP contribution is 2.41. The normalized spacial score (nSPS) is 15.2. The van der Waals surface area contributed by atoms with E-state index in [2.05, 4.69) is 15.5 Å².